The maximum atomic E-state index is 12.0. The Hall–Kier alpha value is -3.16. The van der Waals surface area contributed by atoms with Crippen molar-refractivity contribution in [3.05, 3.63) is 59.0 Å². The molecule has 1 N–H and O–H groups in total. The Bertz CT molecular complexity index is 1290. The van der Waals surface area contributed by atoms with Crippen LogP contribution in [-0.2, 0) is 4.74 Å². The molecule has 3 heterocycles. The first-order valence-corrected chi connectivity index (χ1v) is 10.0. The third kappa shape index (κ3) is 3.07. The molecule has 5 rings (SSSR count). The van der Waals surface area contributed by atoms with Gasteiger partial charge in [0.15, 0.2) is 0 Å². The van der Waals surface area contributed by atoms with Gasteiger partial charge >= 0.3 is 5.97 Å². The van der Waals surface area contributed by atoms with E-state index >= 15 is 0 Å². The van der Waals surface area contributed by atoms with Gasteiger partial charge in [0.2, 0.25) is 0 Å². The molecule has 0 unspecified atom stereocenters. The minimum absolute atomic E-state index is 0.183. The lowest BCUT2D eigenvalue weighted by Gasteiger charge is -2.29. The summed E-state index contributed by atoms with van der Waals surface area (Å²) in [4.78, 5) is 23.3. The first kappa shape index (κ1) is 18.8. The second-order valence-corrected chi connectivity index (χ2v) is 7.67. The van der Waals surface area contributed by atoms with E-state index in [0.29, 0.717) is 42.7 Å². The molecule has 8 heteroatoms. The van der Waals surface area contributed by atoms with Crippen molar-refractivity contribution in [2.24, 2.45) is 0 Å². The number of nitrogens with zero attached hydrogens (tertiary/aromatic N) is 4. The van der Waals surface area contributed by atoms with Crippen LogP contribution >= 0.6 is 11.6 Å². The molecule has 0 amide bonds. The highest BCUT2D eigenvalue weighted by molar-refractivity contribution is 6.35. The predicted molar refractivity (Wildman–Crippen MR) is 116 cm³/mol. The van der Waals surface area contributed by atoms with Crippen LogP contribution in [0.1, 0.15) is 16.2 Å². The molecule has 1 aliphatic rings. The third-order valence-corrected chi connectivity index (χ3v) is 5.77. The molecule has 1 fully saturated rings. The van der Waals surface area contributed by atoms with E-state index in [0.717, 1.165) is 27.8 Å². The molecular weight excluding hydrogens is 404 g/mol. The molecule has 1 aliphatic heterocycles. The van der Waals surface area contributed by atoms with Gasteiger partial charge in [-0.2, -0.15) is 0 Å². The van der Waals surface area contributed by atoms with Crippen molar-refractivity contribution in [2.45, 2.75) is 6.92 Å². The average Bonchev–Trinajstić information content (AvgIpc) is 3.09. The van der Waals surface area contributed by atoms with Crippen LogP contribution in [0.5, 0.6) is 0 Å². The van der Waals surface area contributed by atoms with Gasteiger partial charge in [-0.1, -0.05) is 17.7 Å². The Balaban J connectivity index is 1.76. The van der Waals surface area contributed by atoms with Crippen molar-refractivity contribution >= 4 is 45.2 Å². The monoisotopic (exact) mass is 422 g/mol. The van der Waals surface area contributed by atoms with Crippen LogP contribution in [0.2, 0.25) is 5.02 Å². The van der Waals surface area contributed by atoms with Gasteiger partial charge in [0.1, 0.15) is 11.3 Å². The Kier molecular flexibility index (Phi) is 4.56. The van der Waals surface area contributed by atoms with E-state index in [1.807, 2.05) is 41.8 Å². The summed E-state index contributed by atoms with van der Waals surface area (Å²) >= 11 is 6.38. The number of pyridine rings is 1. The summed E-state index contributed by atoms with van der Waals surface area (Å²) in [6.07, 6.45) is 1.76. The topological polar surface area (TPSA) is 80.5 Å². The number of aryl methyl sites for hydroxylation is 1. The highest BCUT2D eigenvalue weighted by atomic mass is 35.5. The SMILES string of the molecule is Cc1nc2c(C(=O)O)cc(N3CCOCC3)cc2n1-c1cnc2cccc(Cl)c2c1. The normalized spacial score (nSPS) is 14.5. The summed E-state index contributed by atoms with van der Waals surface area (Å²) in [5.74, 6) is -0.320. The van der Waals surface area contributed by atoms with Gasteiger partial charge < -0.3 is 14.7 Å². The number of carboxylic acid groups (broad SMARTS) is 1. The van der Waals surface area contributed by atoms with Gasteiger partial charge in [0, 0.05) is 24.2 Å². The molecule has 152 valence electrons. The van der Waals surface area contributed by atoms with Crippen LogP contribution in [0, 0.1) is 6.92 Å². The molecule has 7 nitrogen and oxygen atoms in total. The average molecular weight is 423 g/mol. The zero-order valence-corrected chi connectivity index (χ0v) is 17.1. The summed E-state index contributed by atoms with van der Waals surface area (Å²) in [6.45, 7) is 4.52. The summed E-state index contributed by atoms with van der Waals surface area (Å²) in [5.41, 5.74) is 3.79. The number of carbonyl (C=O) groups is 1. The van der Waals surface area contributed by atoms with Crippen molar-refractivity contribution in [1.82, 2.24) is 14.5 Å². The Morgan fingerprint density at radius 3 is 2.73 bits per heavy atom. The maximum absolute atomic E-state index is 12.0. The van der Waals surface area contributed by atoms with Gasteiger partial charge in [-0.3, -0.25) is 9.55 Å². The molecular formula is C22H19ClN4O3. The zero-order chi connectivity index (χ0) is 20.8. The van der Waals surface area contributed by atoms with Gasteiger partial charge in [0.25, 0.3) is 0 Å². The lowest BCUT2D eigenvalue weighted by Crippen LogP contribution is -2.36. The van der Waals surface area contributed by atoms with Crippen molar-refractivity contribution in [1.29, 1.82) is 0 Å². The van der Waals surface area contributed by atoms with E-state index in [4.69, 9.17) is 16.3 Å². The number of benzene rings is 2. The van der Waals surface area contributed by atoms with Crippen LogP contribution in [0.25, 0.3) is 27.6 Å². The van der Waals surface area contributed by atoms with Crippen LogP contribution in [0.15, 0.2) is 42.6 Å². The van der Waals surface area contributed by atoms with E-state index < -0.39 is 5.97 Å². The molecule has 0 atom stereocenters. The molecule has 0 bridgehead atoms. The lowest BCUT2D eigenvalue weighted by molar-refractivity contribution is 0.0699. The number of rotatable bonds is 3. The lowest BCUT2D eigenvalue weighted by atomic mass is 10.1. The fourth-order valence-corrected chi connectivity index (χ4v) is 4.22. The van der Waals surface area contributed by atoms with Crippen molar-refractivity contribution in [3.63, 3.8) is 0 Å². The van der Waals surface area contributed by atoms with Crippen LogP contribution in [0.4, 0.5) is 5.69 Å². The minimum Gasteiger partial charge on any atom is -0.478 e. The number of imidazole rings is 1. The summed E-state index contributed by atoms with van der Waals surface area (Å²) in [7, 11) is 0. The first-order chi connectivity index (χ1) is 14.5. The van der Waals surface area contributed by atoms with Crippen molar-refractivity contribution in [3.8, 4) is 5.69 Å². The maximum Gasteiger partial charge on any atom is 0.338 e. The largest absolute Gasteiger partial charge is 0.478 e. The highest BCUT2D eigenvalue weighted by Crippen LogP contribution is 2.31. The number of morpholine rings is 1. The summed E-state index contributed by atoms with van der Waals surface area (Å²) in [5, 5.41) is 11.3. The Morgan fingerprint density at radius 1 is 1.17 bits per heavy atom. The van der Waals surface area contributed by atoms with E-state index in [1.165, 1.54) is 0 Å². The molecule has 2 aromatic carbocycles. The number of hydrogen-bond acceptors (Lipinski definition) is 5. The predicted octanol–water partition coefficient (Wildman–Crippen LogP) is 4.07. The van der Waals surface area contributed by atoms with E-state index in [1.54, 1.807) is 12.3 Å². The summed E-state index contributed by atoms with van der Waals surface area (Å²) < 4.78 is 7.37. The van der Waals surface area contributed by atoms with E-state index in [2.05, 4.69) is 14.9 Å². The molecule has 0 spiro atoms. The van der Waals surface area contributed by atoms with Crippen molar-refractivity contribution < 1.29 is 14.6 Å². The molecule has 4 aromatic rings. The van der Waals surface area contributed by atoms with Gasteiger partial charge in [-0.05, 0) is 37.3 Å². The fourth-order valence-electron chi connectivity index (χ4n) is 4.00. The van der Waals surface area contributed by atoms with Crippen LogP contribution in [0.3, 0.4) is 0 Å². The van der Waals surface area contributed by atoms with E-state index in [9.17, 15) is 9.90 Å². The number of carboxylic acids is 1. The number of aromatic nitrogens is 3. The fraction of sp³-hybridized carbons (Fsp3) is 0.227. The van der Waals surface area contributed by atoms with E-state index in [-0.39, 0.29) is 5.56 Å². The van der Waals surface area contributed by atoms with Gasteiger partial charge in [0.05, 0.1) is 46.7 Å². The summed E-state index contributed by atoms with van der Waals surface area (Å²) in [6, 6.07) is 11.2. The number of fused-ring (bicyclic) bond motifs is 2. The standard InChI is InChI=1S/C22H19ClN4O3/c1-13-25-21-17(22(28)29)9-14(26-5-7-30-8-6-26)11-20(21)27(13)15-10-16-18(23)3-2-4-19(16)24-12-15/h2-4,9-12H,5-8H2,1H3,(H,28,29). The molecule has 2 aromatic heterocycles. The quantitative estimate of drug-likeness (QED) is 0.536. The number of ether oxygens (including phenoxy) is 1. The second-order valence-electron chi connectivity index (χ2n) is 7.26. The molecule has 30 heavy (non-hydrogen) atoms. The molecule has 0 aliphatic carbocycles. The zero-order valence-electron chi connectivity index (χ0n) is 16.3. The van der Waals surface area contributed by atoms with Gasteiger partial charge in [-0.25, -0.2) is 9.78 Å². The van der Waals surface area contributed by atoms with Crippen LogP contribution < -0.4 is 4.90 Å². The molecule has 0 saturated carbocycles. The van der Waals surface area contributed by atoms with Crippen LogP contribution in [-0.4, -0.2) is 51.9 Å². The van der Waals surface area contributed by atoms with Crippen molar-refractivity contribution in [2.75, 3.05) is 31.2 Å². The molecule has 0 radical (unpaired) electrons. The Labute approximate surface area is 177 Å². The Morgan fingerprint density at radius 2 is 1.97 bits per heavy atom. The minimum atomic E-state index is -1.00. The second kappa shape index (κ2) is 7.27. The number of anilines is 1. The van der Waals surface area contributed by atoms with Gasteiger partial charge in [-0.15, -0.1) is 0 Å². The smallest absolute Gasteiger partial charge is 0.338 e. The highest BCUT2D eigenvalue weighted by Gasteiger charge is 2.21. The third-order valence-electron chi connectivity index (χ3n) is 5.44. The number of halogens is 1. The number of aromatic carboxylic acids is 1. The number of hydrogen-bond donors (Lipinski definition) is 1. The first-order valence-electron chi connectivity index (χ1n) is 9.66. The molecule has 1 saturated heterocycles.